The van der Waals surface area contributed by atoms with E-state index in [1.165, 1.54) is 0 Å². The number of nitrogens with two attached hydrogens (primary N) is 1. The van der Waals surface area contributed by atoms with Gasteiger partial charge in [0.2, 0.25) is 0 Å². The molecule has 0 atom stereocenters. The van der Waals surface area contributed by atoms with Crippen LogP contribution >= 0.6 is 0 Å². The Bertz CT molecular complexity index is 612. The fraction of sp³-hybridized carbons (Fsp3) is 0.333. The molecule has 2 aromatic carbocycles. The SMILES string of the molecule is Cc1cc(CC2(N)CC2)cc(F)c1OCc1ccccc1. The highest BCUT2D eigenvalue weighted by atomic mass is 19.1. The van der Waals surface area contributed by atoms with Crippen molar-refractivity contribution < 1.29 is 9.13 Å². The maximum absolute atomic E-state index is 14.2. The number of aryl methyl sites for hydroxylation is 1. The summed E-state index contributed by atoms with van der Waals surface area (Å²) in [4.78, 5) is 0. The molecule has 0 saturated heterocycles. The van der Waals surface area contributed by atoms with E-state index >= 15 is 0 Å². The van der Waals surface area contributed by atoms with Crippen LogP contribution in [0.5, 0.6) is 5.75 Å². The zero-order valence-electron chi connectivity index (χ0n) is 12.2. The van der Waals surface area contributed by atoms with Gasteiger partial charge in [0, 0.05) is 5.54 Å². The maximum atomic E-state index is 14.2. The van der Waals surface area contributed by atoms with Crippen molar-refractivity contribution >= 4 is 0 Å². The first kappa shape index (κ1) is 14.1. The van der Waals surface area contributed by atoms with E-state index < -0.39 is 0 Å². The van der Waals surface area contributed by atoms with E-state index in [4.69, 9.17) is 10.5 Å². The largest absolute Gasteiger partial charge is 0.486 e. The first-order chi connectivity index (χ1) is 10.1. The van der Waals surface area contributed by atoms with Crippen molar-refractivity contribution in [1.29, 1.82) is 0 Å². The van der Waals surface area contributed by atoms with Crippen LogP contribution in [0.3, 0.4) is 0 Å². The van der Waals surface area contributed by atoms with E-state index in [-0.39, 0.29) is 11.4 Å². The minimum atomic E-state index is -0.301. The summed E-state index contributed by atoms with van der Waals surface area (Å²) in [6.07, 6.45) is 2.80. The molecular formula is C18H20FNO. The Morgan fingerprint density at radius 2 is 1.86 bits per heavy atom. The summed E-state index contributed by atoms with van der Waals surface area (Å²) in [5.41, 5.74) is 8.80. The van der Waals surface area contributed by atoms with Crippen LogP contribution < -0.4 is 10.5 Å². The highest BCUT2D eigenvalue weighted by Crippen LogP contribution is 2.37. The molecule has 3 rings (SSSR count). The molecular weight excluding hydrogens is 265 g/mol. The first-order valence-corrected chi connectivity index (χ1v) is 7.30. The molecule has 0 unspecified atom stereocenters. The Hall–Kier alpha value is -1.87. The van der Waals surface area contributed by atoms with Crippen LogP contribution in [0.2, 0.25) is 0 Å². The second kappa shape index (κ2) is 5.49. The van der Waals surface area contributed by atoms with Crippen LogP contribution in [0.15, 0.2) is 42.5 Å². The van der Waals surface area contributed by atoms with Gasteiger partial charge >= 0.3 is 0 Å². The third-order valence-corrected chi connectivity index (χ3v) is 3.96. The summed E-state index contributed by atoms with van der Waals surface area (Å²) >= 11 is 0. The Labute approximate surface area is 124 Å². The second-order valence-electron chi connectivity index (χ2n) is 6.04. The molecule has 0 radical (unpaired) electrons. The number of rotatable bonds is 5. The smallest absolute Gasteiger partial charge is 0.165 e. The van der Waals surface area contributed by atoms with Gasteiger partial charge in [-0.3, -0.25) is 0 Å². The maximum Gasteiger partial charge on any atom is 0.165 e. The molecule has 0 bridgehead atoms. The lowest BCUT2D eigenvalue weighted by atomic mass is 10.0. The van der Waals surface area contributed by atoms with Gasteiger partial charge < -0.3 is 10.5 Å². The number of ether oxygens (including phenoxy) is 1. The Kier molecular flexibility index (Phi) is 3.68. The summed E-state index contributed by atoms with van der Waals surface area (Å²) in [6.45, 7) is 2.25. The number of benzene rings is 2. The van der Waals surface area contributed by atoms with Crippen LogP contribution in [-0.4, -0.2) is 5.54 Å². The van der Waals surface area contributed by atoms with Gasteiger partial charge in [0.25, 0.3) is 0 Å². The number of hydrogen-bond acceptors (Lipinski definition) is 2. The highest BCUT2D eigenvalue weighted by molar-refractivity contribution is 5.39. The summed E-state index contributed by atoms with van der Waals surface area (Å²) in [5, 5.41) is 0. The van der Waals surface area contributed by atoms with E-state index in [1.54, 1.807) is 6.07 Å². The summed E-state index contributed by atoms with van der Waals surface area (Å²) in [6, 6.07) is 13.3. The molecule has 110 valence electrons. The molecule has 3 heteroatoms. The standard InChI is InChI=1S/C18H20FNO/c1-13-9-15(11-18(20)7-8-18)10-16(19)17(13)21-12-14-5-3-2-4-6-14/h2-6,9-10H,7-8,11-12,20H2,1H3. The molecule has 1 saturated carbocycles. The van der Waals surface area contributed by atoms with Crippen LogP contribution in [-0.2, 0) is 13.0 Å². The average Bonchev–Trinajstić information content (AvgIpc) is 3.16. The molecule has 2 N–H and O–H groups in total. The van der Waals surface area contributed by atoms with Gasteiger partial charge in [-0.2, -0.15) is 0 Å². The van der Waals surface area contributed by atoms with Crippen molar-refractivity contribution in [3.05, 3.63) is 65.0 Å². The lowest BCUT2D eigenvalue weighted by Crippen LogP contribution is -2.24. The molecule has 0 aromatic heterocycles. The van der Waals surface area contributed by atoms with Crippen molar-refractivity contribution in [3.63, 3.8) is 0 Å². The van der Waals surface area contributed by atoms with Crippen molar-refractivity contribution in [2.45, 2.75) is 38.3 Å². The summed E-state index contributed by atoms with van der Waals surface area (Å²) in [5.74, 6) is 0.0367. The molecule has 0 spiro atoms. The van der Waals surface area contributed by atoms with E-state index in [9.17, 15) is 4.39 Å². The van der Waals surface area contributed by atoms with Crippen molar-refractivity contribution in [2.24, 2.45) is 5.73 Å². The lowest BCUT2D eigenvalue weighted by Gasteiger charge is -2.14. The van der Waals surface area contributed by atoms with Crippen molar-refractivity contribution in [1.82, 2.24) is 0 Å². The Morgan fingerprint density at radius 1 is 1.14 bits per heavy atom. The predicted molar refractivity (Wildman–Crippen MR) is 81.8 cm³/mol. The molecule has 0 heterocycles. The van der Waals surface area contributed by atoms with Gasteiger partial charge in [0.05, 0.1) is 0 Å². The minimum absolute atomic E-state index is 0.106. The quantitative estimate of drug-likeness (QED) is 0.908. The normalized spacial score (nSPS) is 15.8. The first-order valence-electron chi connectivity index (χ1n) is 7.30. The molecule has 1 fully saturated rings. The van der Waals surface area contributed by atoms with E-state index in [2.05, 4.69) is 0 Å². The van der Waals surface area contributed by atoms with Crippen LogP contribution in [0.25, 0.3) is 0 Å². The monoisotopic (exact) mass is 285 g/mol. The molecule has 0 aliphatic heterocycles. The molecule has 1 aliphatic rings. The zero-order valence-corrected chi connectivity index (χ0v) is 12.2. The van der Waals surface area contributed by atoms with Crippen molar-refractivity contribution in [3.8, 4) is 5.75 Å². The summed E-state index contributed by atoms with van der Waals surface area (Å²) < 4.78 is 19.9. The summed E-state index contributed by atoms with van der Waals surface area (Å²) in [7, 11) is 0. The molecule has 2 nitrogen and oxygen atoms in total. The fourth-order valence-electron chi connectivity index (χ4n) is 2.56. The molecule has 1 aliphatic carbocycles. The van der Waals surface area contributed by atoms with Gasteiger partial charge in [0.1, 0.15) is 6.61 Å². The van der Waals surface area contributed by atoms with Gasteiger partial charge in [-0.05, 0) is 48.9 Å². The average molecular weight is 285 g/mol. The third-order valence-electron chi connectivity index (χ3n) is 3.96. The minimum Gasteiger partial charge on any atom is -0.486 e. The Balaban J connectivity index is 1.73. The third kappa shape index (κ3) is 3.42. The molecule has 2 aromatic rings. The van der Waals surface area contributed by atoms with Gasteiger partial charge in [-0.15, -0.1) is 0 Å². The van der Waals surface area contributed by atoms with Gasteiger partial charge in [0.15, 0.2) is 11.6 Å². The van der Waals surface area contributed by atoms with Gasteiger partial charge in [-0.25, -0.2) is 4.39 Å². The van der Waals surface area contributed by atoms with Crippen LogP contribution in [0, 0.1) is 12.7 Å². The van der Waals surface area contributed by atoms with Gasteiger partial charge in [-0.1, -0.05) is 36.4 Å². The topological polar surface area (TPSA) is 35.2 Å². The van der Waals surface area contributed by atoms with E-state index in [0.717, 1.165) is 36.0 Å². The van der Waals surface area contributed by atoms with Crippen LogP contribution in [0.4, 0.5) is 4.39 Å². The van der Waals surface area contributed by atoms with E-state index in [1.807, 2.05) is 43.3 Å². The highest BCUT2D eigenvalue weighted by Gasteiger charge is 2.38. The fourth-order valence-corrected chi connectivity index (χ4v) is 2.56. The second-order valence-corrected chi connectivity index (χ2v) is 6.04. The zero-order chi connectivity index (χ0) is 14.9. The predicted octanol–water partition coefficient (Wildman–Crippen LogP) is 3.75. The molecule has 21 heavy (non-hydrogen) atoms. The number of halogens is 1. The lowest BCUT2D eigenvalue weighted by molar-refractivity contribution is 0.288. The van der Waals surface area contributed by atoms with E-state index in [0.29, 0.717) is 12.4 Å². The Morgan fingerprint density at radius 3 is 2.48 bits per heavy atom. The number of hydrogen-bond donors (Lipinski definition) is 1. The van der Waals surface area contributed by atoms with Crippen LogP contribution in [0.1, 0.15) is 29.5 Å². The molecule has 0 amide bonds. The van der Waals surface area contributed by atoms with Crippen molar-refractivity contribution in [2.75, 3.05) is 0 Å².